The maximum absolute atomic E-state index is 13.4. The van der Waals surface area contributed by atoms with E-state index in [0.29, 0.717) is 34.5 Å². The molecule has 0 aliphatic rings. The van der Waals surface area contributed by atoms with Crippen LogP contribution in [0.15, 0.2) is 59.9 Å². The number of carbonyl (C=O) groups is 2. The Bertz CT molecular complexity index is 1330. The number of hydrogen-bond donors (Lipinski definition) is 1. The van der Waals surface area contributed by atoms with Crippen LogP contribution < -0.4 is 5.32 Å². The van der Waals surface area contributed by atoms with Crippen molar-refractivity contribution in [3.63, 3.8) is 0 Å². The maximum atomic E-state index is 13.4. The van der Waals surface area contributed by atoms with Gasteiger partial charge in [0.2, 0.25) is 5.91 Å². The van der Waals surface area contributed by atoms with E-state index in [1.54, 1.807) is 41.1 Å². The summed E-state index contributed by atoms with van der Waals surface area (Å²) < 4.78 is 17.0. The SMILES string of the molecule is CCn1c(SCC(=O)Nc2ccc(C(C)=O)cc2)nnc1-c1cn(C)nc1-c1ccc(F)cc1. The molecule has 2 heterocycles. The van der Waals surface area contributed by atoms with Gasteiger partial charge in [-0.2, -0.15) is 5.10 Å². The topological polar surface area (TPSA) is 94.7 Å². The third-order valence-corrected chi connectivity index (χ3v) is 6.09. The highest BCUT2D eigenvalue weighted by atomic mass is 32.2. The van der Waals surface area contributed by atoms with Crippen molar-refractivity contribution < 1.29 is 14.0 Å². The number of ketones is 1. The van der Waals surface area contributed by atoms with Gasteiger partial charge in [0.25, 0.3) is 0 Å². The average molecular weight is 479 g/mol. The predicted octanol–water partition coefficient (Wildman–Crippen LogP) is 4.44. The molecule has 8 nitrogen and oxygen atoms in total. The summed E-state index contributed by atoms with van der Waals surface area (Å²) in [6.45, 7) is 4.06. The third kappa shape index (κ3) is 5.07. The van der Waals surface area contributed by atoms with Crippen LogP contribution in [0.3, 0.4) is 0 Å². The molecule has 0 radical (unpaired) electrons. The highest BCUT2D eigenvalue weighted by Gasteiger charge is 2.20. The number of benzene rings is 2. The summed E-state index contributed by atoms with van der Waals surface area (Å²) in [6.07, 6.45) is 1.85. The minimum Gasteiger partial charge on any atom is -0.325 e. The van der Waals surface area contributed by atoms with E-state index >= 15 is 0 Å². The second-order valence-corrected chi connectivity index (χ2v) is 8.54. The molecule has 1 amide bonds. The van der Waals surface area contributed by atoms with Gasteiger partial charge in [-0.15, -0.1) is 10.2 Å². The van der Waals surface area contributed by atoms with E-state index in [2.05, 4.69) is 20.6 Å². The zero-order valence-corrected chi connectivity index (χ0v) is 19.8. The van der Waals surface area contributed by atoms with Gasteiger partial charge in [0.15, 0.2) is 16.8 Å². The summed E-state index contributed by atoms with van der Waals surface area (Å²) in [5.41, 5.74) is 3.42. The lowest BCUT2D eigenvalue weighted by molar-refractivity contribution is -0.113. The second kappa shape index (κ2) is 10.0. The van der Waals surface area contributed by atoms with Crippen LogP contribution in [0.2, 0.25) is 0 Å². The molecule has 2 aromatic carbocycles. The van der Waals surface area contributed by atoms with Crippen molar-refractivity contribution in [2.24, 2.45) is 7.05 Å². The van der Waals surface area contributed by atoms with E-state index in [1.807, 2.05) is 24.7 Å². The lowest BCUT2D eigenvalue weighted by atomic mass is 10.1. The monoisotopic (exact) mass is 478 g/mol. The van der Waals surface area contributed by atoms with Gasteiger partial charge in [0.05, 0.1) is 11.3 Å². The van der Waals surface area contributed by atoms with Crippen LogP contribution in [-0.2, 0) is 18.4 Å². The van der Waals surface area contributed by atoms with Crippen molar-refractivity contribution in [2.75, 3.05) is 11.1 Å². The first kappa shape index (κ1) is 23.4. The Kier molecular flexibility index (Phi) is 6.87. The first-order chi connectivity index (χ1) is 16.4. The number of rotatable bonds is 8. The molecule has 0 unspecified atom stereocenters. The lowest BCUT2D eigenvalue weighted by Gasteiger charge is -2.08. The molecule has 0 aliphatic carbocycles. The van der Waals surface area contributed by atoms with Crippen LogP contribution >= 0.6 is 11.8 Å². The molecule has 0 fully saturated rings. The Morgan fingerprint density at radius 3 is 2.41 bits per heavy atom. The molecule has 0 saturated heterocycles. The molecule has 4 rings (SSSR count). The van der Waals surface area contributed by atoms with Crippen molar-refractivity contribution in [2.45, 2.75) is 25.5 Å². The van der Waals surface area contributed by atoms with Crippen molar-refractivity contribution in [3.05, 3.63) is 66.1 Å². The minimum atomic E-state index is -0.315. The number of hydrogen-bond acceptors (Lipinski definition) is 6. The Hall–Kier alpha value is -3.79. The summed E-state index contributed by atoms with van der Waals surface area (Å²) in [6, 6.07) is 12.9. The standard InChI is InChI=1S/C24H23FN6O2S/c1-4-31-23(20-13-30(3)29-22(20)17-5-9-18(25)10-6-17)27-28-24(31)34-14-21(33)26-19-11-7-16(8-12-19)15(2)32/h5-13H,4,14H2,1-3H3,(H,26,33). The fourth-order valence-electron chi connectivity index (χ4n) is 3.47. The number of amides is 1. The molecule has 34 heavy (non-hydrogen) atoms. The molecule has 0 aliphatic heterocycles. The Balaban J connectivity index is 1.51. The van der Waals surface area contributed by atoms with Gasteiger partial charge in [-0.1, -0.05) is 11.8 Å². The van der Waals surface area contributed by atoms with Gasteiger partial charge in [0, 0.05) is 36.6 Å². The summed E-state index contributed by atoms with van der Waals surface area (Å²) in [7, 11) is 1.81. The molecule has 0 bridgehead atoms. The van der Waals surface area contributed by atoms with Crippen LogP contribution in [0.1, 0.15) is 24.2 Å². The number of aromatic nitrogens is 5. The Labute approximate surface area is 200 Å². The average Bonchev–Trinajstić information content (AvgIpc) is 3.41. The number of anilines is 1. The summed E-state index contributed by atoms with van der Waals surface area (Å²) >= 11 is 1.28. The van der Waals surface area contributed by atoms with E-state index < -0.39 is 0 Å². The lowest BCUT2D eigenvalue weighted by Crippen LogP contribution is -2.14. The quantitative estimate of drug-likeness (QED) is 0.297. The molecule has 10 heteroatoms. The highest BCUT2D eigenvalue weighted by molar-refractivity contribution is 7.99. The van der Waals surface area contributed by atoms with E-state index in [4.69, 9.17) is 0 Å². The van der Waals surface area contributed by atoms with Gasteiger partial charge in [-0.25, -0.2) is 4.39 Å². The normalized spacial score (nSPS) is 10.9. The molecule has 174 valence electrons. The zero-order chi connectivity index (χ0) is 24.2. The number of aryl methyl sites for hydroxylation is 1. The smallest absolute Gasteiger partial charge is 0.234 e. The van der Waals surface area contributed by atoms with Crippen LogP contribution in [-0.4, -0.2) is 42.0 Å². The second-order valence-electron chi connectivity index (χ2n) is 7.59. The van der Waals surface area contributed by atoms with Crippen molar-refractivity contribution in [1.29, 1.82) is 0 Å². The van der Waals surface area contributed by atoms with Crippen molar-refractivity contribution >= 4 is 29.1 Å². The molecular weight excluding hydrogens is 455 g/mol. The minimum absolute atomic E-state index is 0.0284. The zero-order valence-electron chi connectivity index (χ0n) is 18.9. The van der Waals surface area contributed by atoms with Crippen LogP contribution in [0.5, 0.6) is 0 Å². The van der Waals surface area contributed by atoms with Gasteiger partial charge in [-0.05, 0) is 62.4 Å². The van der Waals surface area contributed by atoms with Crippen LogP contribution in [0, 0.1) is 5.82 Å². The van der Waals surface area contributed by atoms with Gasteiger partial charge < -0.3 is 9.88 Å². The molecule has 4 aromatic rings. The molecule has 0 spiro atoms. The number of nitrogens with one attached hydrogen (secondary N) is 1. The third-order valence-electron chi connectivity index (χ3n) is 5.13. The van der Waals surface area contributed by atoms with E-state index in [9.17, 15) is 14.0 Å². The number of carbonyl (C=O) groups excluding carboxylic acids is 2. The number of halogens is 1. The van der Waals surface area contributed by atoms with Crippen molar-refractivity contribution in [3.8, 4) is 22.6 Å². The predicted molar refractivity (Wildman–Crippen MR) is 129 cm³/mol. The summed E-state index contributed by atoms with van der Waals surface area (Å²) in [4.78, 5) is 23.8. The number of thioether (sulfide) groups is 1. The first-order valence-electron chi connectivity index (χ1n) is 10.6. The molecular formula is C24H23FN6O2S. The summed E-state index contributed by atoms with van der Waals surface area (Å²) in [5, 5.41) is 16.6. The molecule has 0 atom stereocenters. The van der Waals surface area contributed by atoms with Gasteiger partial charge in [0.1, 0.15) is 11.5 Å². The van der Waals surface area contributed by atoms with E-state index in [-0.39, 0.29) is 23.3 Å². The fraction of sp³-hybridized carbons (Fsp3) is 0.208. The van der Waals surface area contributed by atoms with Crippen LogP contribution in [0.4, 0.5) is 10.1 Å². The Morgan fingerprint density at radius 1 is 1.06 bits per heavy atom. The van der Waals surface area contributed by atoms with Crippen molar-refractivity contribution in [1.82, 2.24) is 24.5 Å². The number of nitrogens with zero attached hydrogens (tertiary/aromatic N) is 5. The highest BCUT2D eigenvalue weighted by Crippen LogP contribution is 2.32. The van der Waals surface area contributed by atoms with Crippen LogP contribution in [0.25, 0.3) is 22.6 Å². The number of Topliss-reactive ketones (excluding diaryl/α,β-unsaturated/α-hetero) is 1. The maximum Gasteiger partial charge on any atom is 0.234 e. The molecule has 0 saturated carbocycles. The largest absolute Gasteiger partial charge is 0.325 e. The molecule has 1 N–H and O–H groups in total. The van der Waals surface area contributed by atoms with Gasteiger partial charge >= 0.3 is 0 Å². The Morgan fingerprint density at radius 2 is 1.76 bits per heavy atom. The first-order valence-corrected chi connectivity index (χ1v) is 11.6. The molecule has 2 aromatic heterocycles. The fourth-order valence-corrected chi connectivity index (χ4v) is 4.27. The van der Waals surface area contributed by atoms with Gasteiger partial charge in [-0.3, -0.25) is 14.3 Å². The van der Waals surface area contributed by atoms with E-state index in [1.165, 1.54) is 30.8 Å². The summed E-state index contributed by atoms with van der Waals surface area (Å²) in [5.74, 6) is 0.229. The van der Waals surface area contributed by atoms with E-state index in [0.717, 1.165) is 11.1 Å².